The molecule has 2 aromatic rings. The molecule has 4 nitrogen and oxygen atoms in total. The van der Waals surface area contributed by atoms with Gasteiger partial charge in [-0.1, -0.05) is 24.3 Å². The molecule has 0 unspecified atom stereocenters. The molecule has 2 aromatic carbocycles. The summed E-state index contributed by atoms with van der Waals surface area (Å²) in [5.41, 5.74) is 2.79. The molecule has 3 rings (SSSR count). The van der Waals surface area contributed by atoms with Crippen LogP contribution in [-0.2, 0) is 21.3 Å². The summed E-state index contributed by atoms with van der Waals surface area (Å²) < 4.78 is 23.1. The maximum Gasteiger partial charge on any atom is 0.255 e. The van der Waals surface area contributed by atoms with Crippen LogP contribution < -0.4 is 5.32 Å². The van der Waals surface area contributed by atoms with E-state index in [-0.39, 0.29) is 17.4 Å². The van der Waals surface area contributed by atoms with Crippen LogP contribution in [0.15, 0.2) is 48.5 Å². The van der Waals surface area contributed by atoms with Crippen molar-refractivity contribution in [3.8, 4) is 0 Å². The third-order valence-electron chi connectivity index (χ3n) is 3.25. The van der Waals surface area contributed by atoms with Crippen LogP contribution in [0.5, 0.6) is 0 Å². The number of rotatable bonds is 2. The van der Waals surface area contributed by atoms with Crippen molar-refractivity contribution in [3.05, 3.63) is 65.2 Å². The molecule has 0 aliphatic carbocycles. The maximum atomic E-state index is 12.0. The van der Waals surface area contributed by atoms with Crippen molar-refractivity contribution >= 4 is 21.4 Å². The number of anilines is 1. The van der Waals surface area contributed by atoms with Crippen LogP contribution in [-0.4, -0.2) is 14.3 Å². The Bertz CT molecular complexity index is 767. The number of benzene rings is 2. The molecular formula is C15H13NO3S. The molecule has 102 valence electrons. The van der Waals surface area contributed by atoms with Gasteiger partial charge in [-0.2, -0.15) is 0 Å². The van der Waals surface area contributed by atoms with E-state index in [4.69, 9.17) is 0 Å². The number of carbonyl (C=O) groups excluding carboxylic acids is 1. The second-order valence-corrected chi connectivity index (χ2v) is 6.90. The standard InChI is InChI=1S/C15H13NO3S/c17-15(11-4-2-1-3-5-11)16-14-7-6-12-9-20(18,19)10-13(12)8-14/h1-8H,9-10H2,(H,16,17). The molecule has 20 heavy (non-hydrogen) atoms. The van der Waals surface area contributed by atoms with Crippen LogP contribution in [0, 0.1) is 0 Å². The smallest absolute Gasteiger partial charge is 0.255 e. The highest BCUT2D eigenvalue weighted by Gasteiger charge is 2.24. The lowest BCUT2D eigenvalue weighted by molar-refractivity contribution is 0.102. The summed E-state index contributed by atoms with van der Waals surface area (Å²) in [6.07, 6.45) is 0. The summed E-state index contributed by atoms with van der Waals surface area (Å²) >= 11 is 0. The number of hydrogen-bond acceptors (Lipinski definition) is 3. The lowest BCUT2D eigenvalue weighted by atomic mass is 10.1. The number of fused-ring (bicyclic) bond motifs is 1. The fraction of sp³-hybridized carbons (Fsp3) is 0.133. The van der Waals surface area contributed by atoms with Crippen LogP contribution >= 0.6 is 0 Å². The van der Waals surface area contributed by atoms with Crippen molar-refractivity contribution in [3.63, 3.8) is 0 Å². The fourth-order valence-corrected chi connectivity index (χ4v) is 3.90. The predicted molar refractivity (Wildman–Crippen MR) is 77.2 cm³/mol. The van der Waals surface area contributed by atoms with Gasteiger partial charge in [-0.3, -0.25) is 4.79 Å². The van der Waals surface area contributed by atoms with E-state index in [1.165, 1.54) is 0 Å². The first-order valence-corrected chi connectivity index (χ1v) is 8.04. The topological polar surface area (TPSA) is 63.2 Å². The van der Waals surface area contributed by atoms with E-state index in [9.17, 15) is 13.2 Å². The zero-order chi connectivity index (χ0) is 14.2. The first-order chi connectivity index (χ1) is 9.53. The summed E-state index contributed by atoms with van der Waals surface area (Å²) in [4.78, 5) is 12.0. The Balaban J connectivity index is 1.82. The van der Waals surface area contributed by atoms with E-state index in [0.29, 0.717) is 11.3 Å². The summed E-state index contributed by atoms with van der Waals surface area (Å²) in [6, 6.07) is 14.1. The van der Waals surface area contributed by atoms with Crippen molar-refractivity contribution < 1.29 is 13.2 Å². The Morgan fingerprint density at radius 1 is 0.950 bits per heavy atom. The first-order valence-electron chi connectivity index (χ1n) is 6.22. The minimum absolute atomic E-state index is 0.0530. The molecule has 0 spiro atoms. The molecule has 0 radical (unpaired) electrons. The third-order valence-corrected chi connectivity index (χ3v) is 4.75. The average molecular weight is 287 g/mol. The molecule has 1 amide bonds. The molecule has 0 aromatic heterocycles. The van der Waals surface area contributed by atoms with Gasteiger partial charge in [0.25, 0.3) is 5.91 Å². The van der Waals surface area contributed by atoms with Crippen molar-refractivity contribution in [2.45, 2.75) is 11.5 Å². The zero-order valence-corrected chi connectivity index (χ0v) is 11.5. The Labute approximate surface area is 117 Å². The summed E-state index contributed by atoms with van der Waals surface area (Å²) in [7, 11) is -3.02. The van der Waals surface area contributed by atoms with E-state index in [1.807, 2.05) is 6.07 Å². The molecule has 1 heterocycles. The van der Waals surface area contributed by atoms with Gasteiger partial charge in [-0.15, -0.1) is 0 Å². The van der Waals surface area contributed by atoms with Crippen LogP contribution in [0.4, 0.5) is 5.69 Å². The summed E-state index contributed by atoms with van der Waals surface area (Å²) in [5.74, 6) is -0.0569. The van der Waals surface area contributed by atoms with Gasteiger partial charge < -0.3 is 5.32 Å². The molecule has 0 saturated carbocycles. The van der Waals surface area contributed by atoms with Gasteiger partial charge in [0, 0.05) is 11.3 Å². The van der Waals surface area contributed by atoms with Crippen LogP contribution in [0.25, 0.3) is 0 Å². The number of nitrogens with one attached hydrogen (secondary N) is 1. The first kappa shape index (κ1) is 12.9. The maximum absolute atomic E-state index is 12.0. The number of amides is 1. The van der Waals surface area contributed by atoms with E-state index >= 15 is 0 Å². The minimum Gasteiger partial charge on any atom is -0.322 e. The zero-order valence-electron chi connectivity index (χ0n) is 10.7. The predicted octanol–water partition coefficient (Wildman–Crippen LogP) is 2.37. The minimum atomic E-state index is -3.02. The molecular weight excluding hydrogens is 274 g/mol. The highest BCUT2D eigenvalue weighted by atomic mass is 32.2. The summed E-state index contributed by atoms with van der Waals surface area (Å²) in [5, 5.41) is 2.78. The Morgan fingerprint density at radius 2 is 1.65 bits per heavy atom. The molecule has 0 atom stereocenters. The lowest BCUT2D eigenvalue weighted by Gasteiger charge is -2.06. The molecule has 0 saturated heterocycles. The second kappa shape index (κ2) is 4.76. The van der Waals surface area contributed by atoms with Crippen LogP contribution in [0.2, 0.25) is 0 Å². The normalized spacial score (nSPS) is 15.6. The quantitative estimate of drug-likeness (QED) is 0.922. The van der Waals surface area contributed by atoms with Gasteiger partial charge in [-0.25, -0.2) is 8.42 Å². The van der Waals surface area contributed by atoms with Gasteiger partial charge in [0.15, 0.2) is 9.84 Å². The molecule has 5 heteroatoms. The number of sulfone groups is 1. The van der Waals surface area contributed by atoms with Crippen molar-refractivity contribution in [2.24, 2.45) is 0 Å². The van der Waals surface area contributed by atoms with Crippen molar-refractivity contribution in [2.75, 3.05) is 5.32 Å². The molecule has 1 N–H and O–H groups in total. The largest absolute Gasteiger partial charge is 0.322 e. The monoisotopic (exact) mass is 287 g/mol. The SMILES string of the molecule is O=C(Nc1ccc2c(c1)CS(=O)(=O)C2)c1ccccc1. The van der Waals surface area contributed by atoms with Gasteiger partial charge in [0.05, 0.1) is 11.5 Å². The molecule has 0 bridgehead atoms. The highest BCUT2D eigenvalue weighted by Crippen LogP contribution is 2.27. The van der Waals surface area contributed by atoms with E-state index < -0.39 is 9.84 Å². The highest BCUT2D eigenvalue weighted by molar-refractivity contribution is 7.90. The Morgan fingerprint density at radius 3 is 2.40 bits per heavy atom. The number of hydrogen-bond donors (Lipinski definition) is 1. The van der Waals surface area contributed by atoms with Gasteiger partial charge in [0.1, 0.15) is 0 Å². The Kier molecular flexibility index (Phi) is 3.06. The van der Waals surface area contributed by atoms with Gasteiger partial charge >= 0.3 is 0 Å². The number of carbonyl (C=O) groups is 1. The van der Waals surface area contributed by atoms with Crippen LogP contribution in [0.1, 0.15) is 21.5 Å². The lowest BCUT2D eigenvalue weighted by Crippen LogP contribution is -2.11. The summed E-state index contributed by atoms with van der Waals surface area (Å²) in [6.45, 7) is 0. The van der Waals surface area contributed by atoms with E-state index in [1.54, 1.807) is 42.5 Å². The second-order valence-electron chi connectivity index (χ2n) is 4.84. The molecule has 1 aliphatic rings. The molecule has 0 fully saturated rings. The van der Waals surface area contributed by atoms with Crippen LogP contribution in [0.3, 0.4) is 0 Å². The van der Waals surface area contributed by atoms with Crippen molar-refractivity contribution in [1.29, 1.82) is 0 Å². The molecule has 1 aliphatic heterocycles. The third kappa shape index (κ3) is 2.58. The Hall–Kier alpha value is -2.14. The van der Waals surface area contributed by atoms with E-state index in [0.717, 1.165) is 11.1 Å². The van der Waals surface area contributed by atoms with Crippen molar-refractivity contribution in [1.82, 2.24) is 0 Å². The van der Waals surface area contributed by atoms with Gasteiger partial charge in [0.2, 0.25) is 0 Å². The fourth-order valence-electron chi connectivity index (χ4n) is 2.30. The van der Waals surface area contributed by atoms with E-state index in [2.05, 4.69) is 5.32 Å². The van der Waals surface area contributed by atoms with Gasteiger partial charge in [-0.05, 0) is 35.4 Å². The average Bonchev–Trinajstić information content (AvgIpc) is 2.73.